The number of pyridine rings is 1. The van der Waals surface area contributed by atoms with Gasteiger partial charge in [-0.25, -0.2) is 9.78 Å². The van der Waals surface area contributed by atoms with Crippen molar-refractivity contribution in [2.45, 2.75) is 25.3 Å². The van der Waals surface area contributed by atoms with Gasteiger partial charge in [0.05, 0.1) is 36.4 Å². The van der Waals surface area contributed by atoms with Gasteiger partial charge in [-0.05, 0) is 62.2 Å². The number of carbonyl (C=O) groups is 2. The summed E-state index contributed by atoms with van der Waals surface area (Å²) in [6.45, 7) is 3.32. The zero-order valence-electron chi connectivity index (χ0n) is 19.1. The second-order valence-corrected chi connectivity index (χ2v) is 8.23. The molecule has 3 aromatic rings. The number of nitrogens with one attached hydrogen (secondary N) is 4. The quantitative estimate of drug-likeness (QED) is 0.425. The first-order valence-electron chi connectivity index (χ1n) is 10.9. The number of ether oxygens (including phenoxy) is 1. The van der Waals surface area contributed by atoms with Gasteiger partial charge in [0.1, 0.15) is 5.75 Å². The average Bonchev–Trinajstić information content (AvgIpc) is 3.29. The molecule has 0 aliphatic carbocycles. The summed E-state index contributed by atoms with van der Waals surface area (Å²) >= 11 is 0. The minimum absolute atomic E-state index is 0.206. The molecule has 0 saturated carbocycles. The van der Waals surface area contributed by atoms with Gasteiger partial charge in [-0.3, -0.25) is 20.1 Å². The van der Waals surface area contributed by atoms with E-state index in [0.717, 1.165) is 24.2 Å². The molecule has 0 radical (unpaired) electrons. The van der Waals surface area contributed by atoms with Crippen LogP contribution in [0.2, 0.25) is 0 Å². The third-order valence-electron chi connectivity index (χ3n) is 5.65. The molecule has 1 saturated heterocycles. The minimum atomic E-state index is -0.498. The molecular weight excluding hydrogens is 434 g/mol. The second kappa shape index (κ2) is 10.3. The van der Waals surface area contributed by atoms with Gasteiger partial charge in [-0.1, -0.05) is 0 Å². The smallest absolute Gasteiger partial charge is 0.324 e. The lowest BCUT2D eigenvalue weighted by atomic mass is 9.89. The molecule has 1 fully saturated rings. The Bertz CT molecular complexity index is 1150. The maximum atomic E-state index is 13.1. The number of aromatic nitrogens is 3. The molecule has 0 unspecified atom stereocenters. The molecule has 4 N–H and O–H groups in total. The normalized spacial score (nSPS) is 17.1. The Morgan fingerprint density at radius 3 is 2.62 bits per heavy atom. The fourth-order valence-electron chi connectivity index (χ4n) is 3.91. The molecule has 10 nitrogen and oxygen atoms in total. The van der Waals surface area contributed by atoms with Gasteiger partial charge >= 0.3 is 6.03 Å². The van der Waals surface area contributed by atoms with Crippen LogP contribution in [0.1, 0.15) is 28.0 Å². The van der Waals surface area contributed by atoms with Crippen molar-refractivity contribution in [3.63, 3.8) is 0 Å². The minimum Gasteiger partial charge on any atom is -0.495 e. The highest BCUT2D eigenvalue weighted by atomic mass is 16.5. The summed E-state index contributed by atoms with van der Waals surface area (Å²) in [4.78, 5) is 37.8. The number of carbonyl (C=O) groups excluding carboxylic acids is 2. The van der Waals surface area contributed by atoms with Gasteiger partial charge in [0.2, 0.25) is 0 Å². The first-order chi connectivity index (χ1) is 16.5. The summed E-state index contributed by atoms with van der Waals surface area (Å²) in [7, 11) is 1.48. The third kappa shape index (κ3) is 5.65. The predicted molar refractivity (Wildman–Crippen MR) is 128 cm³/mol. The second-order valence-electron chi connectivity index (χ2n) is 8.23. The molecule has 3 heterocycles. The van der Waals surface area contributed by atoms with E-state index in [0.29, 0.717) is 35.8 Å². The number of urea groups is 1. The number of hydrogen-bond acceptors (Lipinski definition) is 7. The largest absolute Gasteiger partial charge is 0.495 e. The Morgan fingerprint density at radius 2 is 1.94 bits per heavy atom. The van der Waals surface area contributed by atoms with Crippen LogP contribution in [0.15, 0.2) is 55.1 Å². The monoisotopic (exact) mass is 461 g/mol. The summed E-state index contributed by atoms with van der Waals surface area (Å²) in [6, 6.07) is 8.32. The van der Waals surface area contributed by atoms with Gasteiger partial charge in [-0.15, -0.1) is 0 Å². The van der Waals surface area contributed by atoms with E-state index in [1.807, 2.05) is 19.1 Å². The molecule has 1 aromatic carbocycles. The van der Waals surface area contributed by atoms with Gasteiger partial charge in [0.25, 0.3) is 5.91 Å². The Morgan fingerprint density at radius 1 is 1.12 bits per heavy atom. The van der Waals surface area contributed by atoms with Gasteiger partial charge < -0.3 is 20.7 Å². The lowest BCUT2D eigenvalue weighted by Gasteiger charge is -2.30. The number of hydrogen-bond donors (Lipinski definition) is 4. The van der Waals surface area contributed by atoms with E-state index < -0.39 is 11.6 Å². The molecule has 10 heteroatoms. The molecule has 1 aliphatic rings. The van der Waals surface area contributed by atoms with Crippen molar-refractivity contribution in [1.29, 1.82) is 0 Å². The van der Waals surface area contributed by atoms with Crippen LogP contribution in [0.4, 0.5) is 16.3 Å². The Balaban J connectivity index is 1.45. The van der Waals surface area contributed by atoms with Crippen LogP contribution in [0.25, 0.3) is 0 Å². The van der Waals surface area contributed by atoms with Crippen molar-refractivity contribution in [1.82, 2.24) is 25.6 Å². The number of aryl methyl sites for hydroxylation is 1. The van der Waals surface area contributed by atoms with Crippen LogP contribution in [0, 0.1) is 6.92 Å². The van der Waals surface area contributed by atoms with E-state index in [1.54, 1.807) is 36.8 Å². The summed E-state index contributed by atoms with van der Waals surface area (Å²) in [5.74, 6) is 0.482. The van der Waals surface area contributed by atoms with Crippen LogP contribution >= 0.6 is 0 Å². The number of rotatable bonds is 7. The lowest BCUT2D eigenvalue weighted by Crippen LogP contribution is -2.51. The number of benzene rings is 1. The number of anilines is 2. The van der Waals surface area contributed by atoms with Crippen LogP contribution in [0.3, 0.4) is 0 Å². The van der Waals surface area contributed by atoms with Crippen LogP contribution in [0.5, 0.6) is 5.75 Å². The fourth-order valence-corrected chi connectivity index (χ4v) is 3.91. The average molecular weight is 462 g/mol. The van der Waals surface area contributed by atoms with Crippen molar-refractivity contribution in [3.8, 4) is 5.75 Å². The summed E-state index contributed by atoms with van der Waals surface area (Å²) in [5.41, 5.74) is 2.33. The van der Waals surface area contributed by atoms with E-state index in [9.17, 15) is 9.59 Å². The molecule has 0 bridgehead atoms. The standard InChI is InChI=1S/C24H27N7O3/c1-16-13-28-21(14-27-16)30-23(33)29-19-4-3-18(11-20(19)34-2)22(32)31-24(7-10-26-15-24)12-17-5-8-25-9-6-17/h3-6,8-9,11,13-14,26H,7,10,12,15H2,1-2H3,(H,31,32)(H2,28,29,30,33)/t24-/m1/s1. The first kappa shape index (κ1) is 23.1. The molecule has 34 heavy (non-hydrogen) atoms. The predicted octanol–water partition coefficient (Wildman–Crippen LogP) is 2.54. The van der Waals surface area contributed by atoms with Crippen molar-refractivity contribution < 1.29 is 14.3 Å². The van der Waals surface area contributed by atoms with Crippen LogP contribution < -0.4 is 26.0 Å². The van der Waals surface area contributed by atoms with Crippen molar-refractivity contribution >= 4 is 23.4 Å². The van der Waals surface area contributed by atoms with E-state index in [4.69, 9.17) is 4.74 Å². The zero-order chi connectivity index (χ0) is 24.0. The van der Waals surface area contributed by atoms with Crippen molar-refractivity contribution in [2.24, 2.45) is 0 Å². The molecule has 3 amide bonds. The maximum Gasteiger partial charge on any atom is 0.324 e. The molecule has 0 spiro atoms. The fraction of sp³-hybridized carbons (Fsp3) is 0.292. The molecule has 2 aromatic heterocycles. The molecular formula is C24H27N7O3. The highest BCUT2D eigenvalue weighted by Crippen LogP contribution is 2.27. The first-order valence-corrected chi connectivity index (χ1v) is 10.9. The van der Waals surface area contributed by atoms with Gasteiger partial charge in [0.15, 0.2) is 5.82 Å². The highest BCUT2D eigenvalue weighted by Gasteiger charge is 2.35. The molecule has 1 aliphatic heterocycles. The zero-order valence-corrected chi connectivity index (χ0v) is 19.1. The Kier molecular flexibility index (Phi) is 6.98. The molecule has 4 rings (SSSR count). The van der Waals surface area contributed by atoms with Crippen molar-refractivity contribution in [2.75, 3.05) is 30.8 Å². The Labute approximate surface area is 197 Å². The topological polar surface area (TPSA) is 130 Å². The van der Waals surface area contributed by atoms with E-state index in [-0.39, 0.29) is 5.91 Å². The third-order valence-corrected chi connectivity index (χ3v) is 5.65. The van der Waals surface area contributed by atoms with Crippen LogP contribution in [-0.2, 0) is 6.42 Å². The van der Waals surface area contributed by atoms with Gasteiger partial charge in [0, 0.05) is 24.5 Å². The van der Waals surface area contributed by atoms with E-state index >= 15 is 0 Å². The van der Waals surface area contributed by atoms with Crippen LogP contribution in [-0.4, -0.2) is 52.6 Å². The molecule has 1 atom stereocenters. The maximum absolute atomic E-state index is 13.1. The lowest BCUT2D eigenvalue weighted by molar-refractivity contribution is 0.0905. The number of methoxy groups -OCH3 is 1. The Hall–Kier alpha value is -4.05. The van der Waals surface area contributed by atoms with E-state index in [1.165, 1.54) is 13.3 Å². The van der Waals surface area contributed by atoms with E-state index in [2.05, 4.69) is 36.2 Å². The summed E-state index contributed by atoms with van der Waals surface area (Å²) in [6.07, 6.45) is 8.06. The number of nitrogens with zero attached hydrogens (tertiary/aromatic N) is 3. The SMILES string of the molecule is COc1cc(C(=O)N[C@@]2(Cc3ccncc3)CCNC2)ccc1NC(=O)Nc1cnc(C)cn1. The summed E-state index contributed by atoms with van der Waals surface area (Å²) < 4.78 is 5.42. The summed E-state index contributed by atoms with van der Waals surface area (Å²) in [5, 5.41) is 11.9. The molecule has 176 valence electrons. The highest BCUT2D eigenvalue weighted by molar-refractivity contribution is 6.01. The van der Waals surface area contributed by atoms with Gasteiger partial charge in [-0.2, -0.15) is 0 Å². The van der Waals surface area contributed by atoms with Crippen molar-refractivity contribution in [3.05, 3.63) is 71.9 Å². The number of amides is 3.